The van der Waals surface area contributed by atoms with Crippen LogP contribution in [0.1, 0.15) is 15.2 Å². The van der Waals surface area contributed by atoms with Gasteiger partial charge in [0.1, 0.15) is 17.2 Å². The average molecular weight is 202 g/mol. The van der Waals surface area contributed by atoms with Crippen LogP contribution in [0.25, 0.3) is 10.1 Å². The van der Waals surface area contributed by atoms with Gasteiger partial charge in [-0.15, -0.1) is 11.3 Å². The van der Waals surface area contributed by atoms with E-state index in [2.05, 4.69) is 6.07 Å². The second-order valence-corrected chi connectivity index (χ2v) is 3.95. The highest BCUT2D eigenvalue weighted by Crippen LogP contribution is 2.30. The van der Waals surface area contributed by atoms with E-state index in [4.69, 9.17) is 11.0 Å². The lowest BCUT2D eigenvalue weighted by atomic mass is 10.1. The molecule has 0 amide bonds. The van der Waals surface area contributed by atoms with Gasteiger partial charge in [0.05, 0.1) is 0 Å². The highest BCUT2D eigenvalue weighted by Gasteiger charge is 2.05. The van der Waals surface area contributed by atoms with Crippen LogP contribution < -0.4 is 5.73 Å². The molecule has 0 bridgehead atoms. The Hall–Kier alpha value is -1.86. The van der Waals surface area contributed by atoms with Crippen molar-refractivity contribution in [1.82, 2.24) is 0 Å². The van der Waals surface area contributed by atoms with Crippen LogP contribution in [0.3, 0.4) is 0 Å². The number of fused-ring (bicyclic) bond motifs is 1. The Labute approximate surface area is 84.4 Å². The summed E-state index contributed by atoms with van der Waals surface area (Å²) in [5.74, 6) is 0. The maximum absolute atomic E-state index is 10.6. The highest BCUT2D eigenvalue weighted by molar-refractivity contribution is 7.19. The topological polar surface area (TPSA) is 66.9 Å². The minimum Gasteiger partial charge on any atom is -0.398 e. The van der Waals surface area contributed by atoms with Gasteiger partial charge < -0.3 is 5.73 Å². The Morgan fingerprint density at radius 1 is 1.43 bits per heavy atom. The predicted molar refractivity (Wildman–Crippen MR) is 56.3 cm³/mol. The number of carbonyl (C=O) groups excluding carboxylic acids is 1. The molecule has 0 saturated carbocycles. The van der Waals surface area contributed by atoms with Crippen LogP contribution in [0.5, 0.6) is 0 Å². The number of nitrogens with two attached hydrogens (primary N) is 1. The van der Waals surface area contributed by atoms with Gasteiger partial charge in [-0.3, -0.25) is 4.79 Å². The van der Waals surface area contributed by atoms with Crippen LogP contribution in [-0.4, -0.2) is 6.29 Å². The molecule has 1 aromatic heterocycles. The van der Waals surface area contributed by atoms with E-state index in [0.717, 1.165) is 16.4 Å². The number of rotatable bonds is 1. The molecule has 3 nitrogen and oxygen atoms in total. The first-order valence-corrected chi connectivity index (χ1v) is 4.74. The van der Waals surface area contributed by atoms with Crippen molar-refractivity contribution in [2.24, 2.45) is 0 Å². The molecule has 0 spiro atoms. The van der Waals surface area contributed by atoms with Crippen LogP contribution in [-0.2, 0) is 0 Å². The van der Waals surface area contributed by atoms with E-state index in [1.54, 1.807) is 18.2 Å². The van der Waals surface area contributed by atoms with Crippen LogP contribution in [0.2, 0.25) is 0 Å². The normalized spacial score (nSPS) is 9.93. The quantitative estimate of drug-likeness (QED) is 0.569. The third-order valence-corrected chi connectivity index (χ3v) is 2.92. The summed E-state index contributed by atoms with van der Waals surface area (Å²) < 4.78 is 0.878. The average Bonchev–Trinajstić information content (AvgIpc) is 2.61. The van der Waals surface area contributed by atoms with Gasteiger partial charge in [0.2, 0.25) is 0 Å². The number of hydrogen-bond donors (Lipinski definition) is 1. The lowest BCUT2D eigenvalue weighted by Crippen LogP contribution is -1.87. The molecule has 1 aromatic carbocycles. The maximum Gasteiger partial charge on any atom is 0.150 e. The smallest absolute Gasteiger partial charge is 0.150 e. The van der Waals surface area contributed by atoms with Gasteiger partial charge in [0, 0.05) is 21.3 Å². The number of benzene rings is 1. The molecule has 0 fully saturated rings. The summed E-state index contributed by atoms with van der Waals surface area (Å²) in [6.07, 6.45) is 0.752. The van der Waals surface area contributed by atoms with E-state index in [9.17, 15) is 4.79 Å². The van der Waals surface area contributed by atoms with E-state index >= 15 is 0 Å². The van der Waals surface area contributed by atoms with Gasteiger partial charge >= 0.3 is 0 Å². The fourth-order valence-corrected chi connectivity index (χ4v) is 2.25. The molecule has 1 heterocycles. The molecule has 68 valence electrons. The second kappa shape index (κ2) is 3.13. The van der Waals surface area contributed by atoms with Gasteiger partial charge in [0.25, 0.3) is 0 Å². The Kier molecular flexibility index (Phi) is 1.95. The number of thiophene rings is 1. The molecule has 2 N–H and O–H groups in total. The lowest BCUT2D eigenvalue weighted by Gasteiger charge is -1.96. The van der Waals surface area contributed by atoms with Crippen molar-refractivity contribution in [2.45, 2.75) is 0 Å². The molecule has 0 aliphatic heterocycles. The molecular weight excluding hydrogens is 196 g/mol. The first-order valence-electron chi connectivity index (χ1n) is 3.93. The van der Waals surface area contributed by atoms with Gasteiger partial charge in [0.15, 0.2) is 0 Å². The number of nitriles is 1. The number of hydrogen-bond acceptors (Lipinski definition) is 4. The zero-order chi connectivity index (χ0) is 10.1. The van der Waals surface area contributed by atoms with Crippen molar-refractivity contribution in [1.29, 1.82) is 5.26 Å². The molecule has 4 heteroatoms. The predicted octanol–water partition coefficient (Wildman–Crippen LogP) is 2.17. The van der Waals surface area contributed by atoms with Crippen molar-refractivity contribution in [3.8, 4) is 6.07 Å². The maximum atomic E-state index is 10.6. The second-order valence-electron chi connectivity index (χ2n) is 2.86. The summed E-state index contributed by atoms with van der Waals surface area (Å²) in [6, 6.07) is 7.15. The summed E-state index contributed by atoms with van der Waals surface area (Å²) in [6.45, 7) is 0. The minimum atomic E-state index is 0.543. The van der Waals surface area contributed by atoms with Crippen molar-refractivity contribution < 1.29 is 4.79 Å². The number of anilines is 1. The van der Waals surface area contributed by atoms with E-state index in [0.29, 0.717) is 16.1 Å². The van der Waals surface area contributed by atoms with Crippen LogP contribution in [0.4, 0.5) is 5.69 Å². The Balaban J connectivity index is 2.81. The SMILES string of the molecule is N#Cc1cc2c(N)cc(C=O)cc2s1. The van der Waals surface area contributed by atoms with Crippen molar-refractivity contribution in [3.05, 3.63) is 28.6 Å². The Bertz CT molecular complexity index is 551. The molecule has 0 radical (unpaired) electrons. The molecule has 0 atom stereocenters. The molecule has 0 saturated heterocycles. The van der Waals surface area contributed by atoms with E-state index in [1.165, 1.54) is 11.3 Å². The van der Waals surface area contributed by atoms with Crippen molar-refractivity contribution in [3.63, 3.8) is 0 Å². The molecule has 0 aliphatic rings. The number of carbonyl (C=O) groups is 1. The largest absolute Gasteiger partial charge is 0.398 e. The lowest BCUT2D eigenvalue weighted by molar-refractivity contribution is 0.112. The van der Waals surface area contributed by atoms with Crippen LogP contribution in [0, 0.1) is 11.3 Å². The molecular formula is C10H6N2OS. The van der Waals surface area contributed by atoms with Crippen molar-refractivity contribution >= 4 is 33.4 Å². The standard InChI is InChI=1S/C10H6N2OS/c11-4-7-3-8-9(12)1-6(5-13)2-10(8)14-7/h1-3,5H,12H2. The Morgan fingerprint density at radius 3 is 2.86 bits per heavy atom. The van der Waals surface area contributed by atoms with Crippen LogP contribution in [0.15, 0.2) is 18.2 Å². The summed E-state index contributed by atoms with van der Waals surface area (Å²) in [5, 5.41) is 9.55. The number of nitrogens with zero attached hydrogens (tertiary/aromatic N) is 1. The molecule has 2 rings (SSSR count). The first-order chi connectivity index (χ1) is 6.74. The Morgan fingerprint density at radius 2 is 2.21 bits per heavy atom. The van der Waals surface area contributed by atoms with E-state index < -0.39 is 0 Å². The number of nitrogen functional groups attached to an aromatic ring is 1. The zero-order valence-electron chi connectivity index (χ0n) is 7.15. The van der Waals surface area contributed by atoms with Crippen molar-refractivity contribution in [2.75, 3.05) is 5.73 Å². The van der Waals surface area contributed by atoms with Gasteiger partial charge in [-0.2, -0.15) is 5.26 Å². The minimum absolute atomic E-state index is 0.543. The molecule has 0 aliphatic carbocycles. The monoisotopic (exact) mass is 202 g/mol. The fourth-order valence-electron chi connectivity index (χ4n) is 1.31. The zero-order valence-corrected chi connectivity index (χ0v) is 7.97. The summed E-state index contributed by atoms with van der Waals surface area (Å²) in [5.41, 5.74) is 6.83. The fraction of sp³-hybridized carbons (Fsp3) is 0. The van der Waals surface area contributed by atoms with Gasteiger partial charge in [-0.25, -0.2) is 0 Å². The van der Waals surface area contributed by atoms with E-state index in [1.807, 2.05) is 0 Å². The third-order valence-electron chi connectivity index (χ3n) is 1.94. The first kappa shape index (κ1) is 8.73. The molecule has 14 heavy (non-hydrogen) atoms. The third kappa shape index (κ3) is 1.24. The van der Waals surface area contributed by atoms with Gasteiger partial charge in [-0.1, -0.05) is 0 Å². The summed E-state index contributed by atoms with van der Waals surface area (Å²) >= 11 is 1.34. The summed E-state index contributed by atoms with van der Waals surface area (Å²) in [4.78, 5) is 11.2. The van der Waals surface area contributed by atoms with Gasteiger partial charge in [-0.05, 0) is 18.2 Å². The van der Waals surface area contributed by atoms with E-state index in [-0.39, 0.29) is 0 Å². The van der Waals surface area contributed by atoms with Crippen LogP contribution >= 0.6 is 11.3 Å². The molecule has 0 unspecified atom stereocenters. The highest BCUT2D eigenvalue weighted by atomic mass is 32.1. The summed E-state index contributed by atoms with van der Waals surface area (Å²) in [7, 11) is 0. The number of aldehydes is 1. The molecule has 2 aromatic rings.